The molecule has 3 rings (SSSR count). The molecule has 1 aromatic carbocycles. The largest absolute Gasteiger partial charge is 0.481 e. The maximum absolute atomic E-state index is 10.7. The second-order valence-electron chi connectivity index (χ2n) is 4.54. The molecule has 0 amide bonds. The van der Waals surface area contributed by atoms with Gasteiger partial charge in [0.2, 0.25) is 5.82 Å². The smallest absolute Gasteiger partial charge is 0.313 e. The van der Waals surface area contributed by atoms with E-state index in [0.29, 0.717) is 23.3 Å². The Labute approximate surface area is 130 Å². The molecule has 0 aliphatic heterocycles. The first-order chi connectivity index (χ1) is 10.7. The topological polar surface area (TPSA) is 81.2 Å². The van der Waals surface area contributed by atoms with Crippen LogP contribution in [-0.4, -0.2) is 31.6 Å². The standard InChI is InChI=1S/C15H13N3O3S/c1-2-7-18-14(16-17-15(18)22-9-13(19)20)12-8-10-5-3-4-6-11(10)21-12/h2-6,8H,1,7,9H2,(H,19,20). The minimum Gasteiger partial charge on any atom is -0.481 e. The van der Waals surface area contributed by atoms with Gasteiger partial charge in [-0.25, -0.2) is 0 Å². The van der Waals surface area contributed by atoms with Crippen molar-refractivity contribution < 1.29 is 14.3 Å². The number of benzene rings is 1. The zero-order valence-corrected chi connectivity index (χ0v) is 12.4. The molecule has 0 saturated carbocycles. The van der Waals surface area contributed by atoms with Crippen molar-refractivity contribution in [2.45, 2.75) is 11.7 Å². The molecule has 0 bridgehead atoms. The minimum atomic E-state index is -0.900. The van der Waals surface area contributed by atoms with Gasteiger partial charge in [0.25, 0.3) is 0 Å². The van der Waals surface area contributed by atoms with E-state index in [1.807, 2.05) is 30.3 Å². The lowest BCUT2D eigenvalue weighted by atomic mass is 10.2. The van der Waals surface area contributed by atoms with E-state index in [-0.39, 0.29) is 5.75 Å². The van der Waals surface area contributed by atoms with Crippen LogP contribution in [0.3, 0.4) is 0 Å². The quantitative estimate of drug-likeness (QED) is 0.556. The Morgan fingerprint density at radius 2 is 2.23 bits per heavy atom. The van der Waals surface area contributed by atoms with Crippen LogP contribution in [0.1, 0.15) is 0 Å². The highest BCUT2D eigenvalue weighted by Gasteiger charge is 2.17. The van der Waals surface area contributed by atoms with Crippen molar-refractivity contribution in [2.75, 3.05) is 5.75 Å². The average Bonchev–Trinajstić information content (AvgIpc) is 3.08. The number of allylic oxidation sites excluding steroid dienone is 1. The third kappa shape index (κ3) is 2.75. The van der Waals surface area contributed by atoms with E-state index >= 15 is 0 Å². The first-order valence-electron chi connectivity index (χ1n) is 6.56. The van der Waals surface area contributed by atoms with E-state index in [0.717, 1.165) is 22.7 Å². The highest BCUT2D eigenvalue weighted by Crippen LogP contribution is 2.29. The molecule has 0 unspecified atom stereocenters. The number of rotatable bonds is 6. The fraction of sp³-hybridized carbons (Fsp3) is 0.133. The van der Waals surface area contributed by atoms with Gasteiger partial charge in [-0.05, 0) is 12.1 Å². The van der Waals surface area contributed by atoms with Gasteiger partial charge in [0, 0.05) is 11.9 Å². The number of furan rings is 1. The van der Waals surface area contributed by atoms with Gasteiger partial charge in [-0.1, -0.05) is 36.0 Å². The van der Waals surface area contributed by atoms with Gasteiger partial charge < -0.3 is 9.52 Å². The molecule has 0 atom stereocenters. The summed E-state index contributed by atoms with van der Waals surface area (Å²) in [6.45, 7) is 4.19. The lowest BCUT2D eigenvalue weighted by Crippen LogP contribution is -2.03. The molecule has 1 N–H and O–H groups in total. The summed E-state index contributed by atoms with van der Waals surface area (Å²) >= 11 is 1.12. The third-order valence-electron chi connectivity index (χ3n) is 3.00. The Balaban J connectivity index is 2.01. The Bertz CT molecular complexity index is 805. The predicted octanol–water partition coefficient (Wildman–Crippen LogP) is 3.05. The molecule has 3 aromatic rings. The number of aromatic nitrogens is 3. The van der Waals surface area contributed by atoms with Gasteiger partial charge in [-0.2, -0.15) is 0 Å². The van der Waals surface area contributed by atoms with Gasteiger partial charge in [0.15, 0.2) is 10.9 Å². The predicted molar refractivity (Wildman–Crippen MR) is 83.8 cm³/mol. The molecule has 2 aromatic heterocycles. The number of hydrogen-bond donors (Lipinski definition) is 1. The summed E-state index contributed by atoms with van der Waals surface area (Å²) in [5.41, 5.74) is 0.769. The molecule has 2 heterocycles. The zero-order chi connectivity index (χ0) is 15.5. The minimum absolute atomic E-state index is 0.0740. The van der Waals surface area contributed by atoms with E-state index in [9.17, 15) is 4.79 Å². The molecule has 6 nitrogen and oxygen atoms in total. The number of hydrogen-bond acceptors (Lipinski definition) is 5. The Kier molecular flexibility index (Phi) is 3.97. The molecule has 112 valence electrons. The van der Waals surface area contributed by atoms with Gasteiger partial charge in [-0.3, -0.25) is 9.36 Å². The number of thioether (sulfide) groups is 1. The van der Waals surface area contributed by atoms with Crippen molar-refractivity contribution in [3.8, 4) is 11.6 Å². The van der Waals surface area contributed by atoms with Crippen LogP contribution >= 0.6 is 11.8 Å². The number of carboxylic acids is 1. The summed E-state index contributed by atoms with van der Waals surface area (Å²) in [6.07, 6.45) is 1.71. The van der Waals surface area contributed by atoms with Crippen LogP contribution in [0.2, 0.25) is 0 Å². The lowest BCUT2D eigenvalue weighted by molar-refractivity contribution is -0.133. The van der Waals surface area contributed by atoms with Gasteiger partial charge >= 0.3 is 5.97 Å². The second-order valence-corrected chi connectivity index (χ2v) is 5.48. The second kappa shape index (κ2) is 6.07. The fourth-order valence-corrected chi connectivity index (χ4v) is 2.76. The molecule has 22 heavy (non-hydrogen) atoms. The number of para-hydroxylation sites is 1. The Morgan fingerprint density at radius 3 is 2.95 bits per heavy atom. The van der Waals surface area contributed by atoms with Crippen LogP contribution in [0.5, 0.6) is 0 Å². The molecular formula is C15H13N3O3S. The Morgan fingerprint density at radius 1 is 1.41 bits per heavy atom. The van der Waals surface area contributed by atoms with Crippen molar-refractivity contribution in [3.63, 3.8) is 0 Å². The monoisotopic (exact) mass is 315 g/mol. The molecule has 0 radical (unpaired) electrons. The van der Waals surface area contributed by atoms with Crippen molar-refractivity contribution in [3.05, 3.63) is 43.0 Å². The summed E-state index contributed by atoms with van der Waals surface area (Å²) in [5.74, 6) is 0.181. The molecule has 0 fully saturated rings. The lowest BCUT2D eigenvalue weighted by Gasteiger charge is -2.04. The highest BCUT2D eigenvalue weighted by atomic mass is 32.2. The van der Waals surface area contributed by atoms with Gasteiger partial charge in [0.05, 0.1) is 5.75 Å². The van der Waals surface area contributed by atoms with Crippen molar-refractivity contribution in [1.82, 2.24) is 14.8 Å². The van der Waals surface area contributed by atoms with E-state index < -0.39 is 5.97 Å². The molecule has 0 spiro atoms. The average molecular weight is 315 g/mol. The number of fused-ring (bicyclic) bond motifs is 1. The molecular weight excluding hydrogens is 302 g/mol. The molecule has 0 aliphatic carbocycles. The van der Waals surface area contributed by atoms with E-state index in [2.05, 4.69) is 16.8 Å². The normalized spacial score (nSPS) is 10.9. The van der Waals surface area contributed by atoms with E-state index in [1.165, 1.54) is 0 Å². The van der Waals surface area contributed by atoms with Gasteiger partial charge in [0.1, 0.15) is 5.58 Å². The van der Waals surface area contributed by atoms with Crippen LogP contribution in [0.25, 0.3) is 22.6 Å². The number of carbonyl (C=O) groups is 1. The first kappa shape index (κ1) is 14.4. The summed E-state index contributed by atoms with van der Waals surface area (Å²) in [4.78, 5) is 10.7. The maximum Gasteiger partial charge on any atom is 0.313 e. The Hall–Kier alpha value is -2.54. The van der Waals surface area contributed by atoms with Crippen molar-refractivity contribution in [1.29, 1.82) is 0 Å². The first-order valence-corrected chi connectivity index (χ1v) is 7.55. The molecule has 0 saturated heterocycles. The highest BCUT2D eigenvalue weighted by molar-refractivity contribution is 7.99. The number of carboxylic acid groups (broad SMARTS) is 1. The molecule has 7 heteroatoms. The summed E-state index contributed by atoms with van der Waals surface area (Å²) in [7, 11) is 0. The summed E-state index contributed by atoms with van der Waals surface area (Å²) < 4.78 is 7.59. The van der Waals surface area contributed by atoms with Crippen LogP contribution in [0.4, 0.5) is 0 Å². The van der Waals surface area contributed by atoms with E-state index in [1.54, 1.807) is 10.6 Å². The fourth-order valence-electron chi connectivity index (χ4n) is 2.09. The summed E-state index contributed by atoms with van der Waals surface area (Å²) in [5, 5.41) is 18.5. The van der Waals surface area contributed by atoms with Crippen molar-refractivity contribution in [2.24, 2.45) is 0 Å². The summed E-state index contributed by atoms with van der Waals surface area (Å²) in [6, 6.07) is 9.57. The van der Waals surface area contributed by atoms with Crippen LogP contribution < -0.4 is 0 Å². The van der Waals surface area contributed by atoms with E-state index in [4.69, 9.17) is 9.52 Å². The number of nitrogens with zero attached hydrogens (tertiary/aromatic N) is 3. The molecule has 0 aliphatic rings. The zero-order valence-electron chi connectivity index (χ0n) is 11.6. The van der Waals surface area contributed by atoms with Crippen LogP contribution in [0.15, 0.2) is 52.6 Å². The number of aliphatic carboxylic acids is 1. The van der Waals surface area contributed by atoms with Gasteiger partial charge in [-0.15, -0.1) is 16.8 Å². The maximum atomic E-state index is 10.7. The van der Waals surface area contributed by atoms with Crippen LogP contribution in [0, 0.1) is 0 Å². The van der Waals surface area contributed by atoms with Crippen LogP contribution in [-0.2, 0) is 11.3 Å². The third-order valence-corrected chi connectivity index (χ3v) is 3.95. The SMILES string of the molecule is C=CCn1c(SCC(=O)O)nnc1-c1cc2ccccc2o1. The van der Waals surface area contributed by atoms with Crippen molar-refractivity contribution >= 4 is 28.7 Å².